The molecule has 0 saturated carbocycles. The third kappa shape index (κ3) is 4.75. The minimum atomic E-state index is -2.03. The summed E-state index contributed by atoms with van der Waals surface area (Å²) in [4.78, 5) is 25.1. The number of amides is 2. The molecule has 132 valence electrons. The van der Waals surface area contributed by atoms with Gasteiger partial charge in [0, 0.05) is 18.1 Å². The van der Waals surface area contributed by atoms with Crippen LogP contribution < -0.4 is 15.5 Å². The summed E-state index contributed by atoms with van der Waals surface area (Å²) in [6.45, 7) is 2.53. The summed E-state index contributed by atoms with van der Waals surface area (Å²) < 4.78 is 0. The Balaban J connectivity index is 2.06. The van der Waals surface area contributed by atoms with E-state index in [1.165, 1.54) is 6.42 Å². The zero-order valence-corrected chi connectivity index (χ0v) is 14.3. The lowest BCUT2D eigenvalue weighted by molar-refractivity contribution is -0.155. The molecule has 7 nitrogen and oxygen atoms in total. The minimum Gasteiger partial charge on any atom is -0.479 e. The molecule has 0 radical (unpaired) electrons. The maximum Gasteiger partial charge on any atom is 0.337 e. The largest absolute Gasteiger partial charge is 0.479 e. The van der Waals surface area contributed by atoms with Gasteiger partial charge in [0.05, 0.1) is 17.9 Å². The van der Waals surface area contributed by atoms with E-state index in [1.54, 1.807) is 12.1 Å². The van der Waals surface area contributed by atoms with Gasteiger partial charge in [-0.2, -0.15) is 0 Å². The Labute approximate surface area is 145 Å². The van der Waals surface area contributed by atoms with E-state index in [9.17, 15) is 14.7 Å². The second kappa shape index (κ2) is 7.72. The van der Waals surface area contributed by atoms with E-state index >= 15 is 0 Å². The molecular weight excluding hydrogens is 334 g/mol. The van der Waals surface area contributed by atoms with E-state index in [1.807, 2.05) is 6.07 Å². The van der Waals surface area contributed by atoms with E-state index in [-0.39, 0.29) is 0 Å². The number of rotatable bonds is 5. The Hall–Kier alpha value is -1.99. The van der Waals surface area contributed by atoms with Gasteiger partial charge in [-0.3, -0.25) is 0 Å². The molecule has 1 atom stereocenters. The Kier molecular flexibility index (Phi) is 5.90. The molecule has 0 aliphatic carbocycles. The number of carbonyl (C=O) groups excluding carboxylic acids is 1. The van der Waals surface area contributed by atoms with Gasteiger partial charge in [-0.15, -0.1) is 0 Å². The van der Waals surface area contributed by atoms with Crippen LogP contribution in [0.3, 0.4) is 0 Å². The van der Waals surface area contributed by atoms with Gasteiger partial charge in [-0.1, -0.05) is 11.6 Å². The first-order valence-electron chi connectivity index (χ1n) is 7.85. The lowest BCUT2D eigenvalue weighted by atomic mass is 10.1. The summed E-state index contributed by atoms with van der Waals surface area (Å²) in [5.41, 5.74) is -0.599. The Bertz CT molecular complexity index is 615. The second-order valence-corrected chi connectivity index (χ2v) is 6.53. The summed E-state index contributed by atoms with van der Waals surface area (Å²) >= 11 is 6.02. The molecule has 1 fully saturated rings. The third-order valence-corrected chi connectivity index (χ3v) is 4.19. The highest BCUT2D eigenvalue weighted by Crippen LogP contribution is 2.31. The molecule has 1 unspecified atom stereocenters. The maximum atomic E-state index is 12.0. The number of nitrogens with one attached hydrogen (secondary N) is 2. The number of nitrogens with zero attached hydrogens (tertiary/aromatic N) is 1. The van der Waals surface area contributed by atoms with Crippen LogP contribution in [0, 0.1) is 0 Å². The molecule has 1 aromatic carbocycles. The first-order chi connectivity index (χ1) is 11.3. The average molecular weight is 356 g/mol. The van der Waals surface area contributed by atoms with Gasteiger partial charge in [0.25, 0.3) is 0 Å². The molecule has 2 amide bonds. The van der Waals surface area contributed by atoms with Crippen molar-refractivity contribution in [3.05, 3.63) is 23.2 Å². The molecule has 0 aromatic heterocycles. The van der Waals surface area contributed by atoms with E-state index in [4.69, 9.17) is 16.7 Å². The standard InChI is InChI=1S/C16H22ClN3O4/c1-16(24,14(21)22)10-18-15(23)19-12-9-11(17)5-6-13(12)20-7-3-2-4-8-20/h5-6,9,24H,2-4,7-8,10H2,1H3,(H,21,22)(H2,18,19,23). The fourth-order valence-corrected chi connectivity index (χ4v) is 2.69. The number of aliphatic hydroxyl groups is 1. The molecule has 1 aliphatic heterocycles. The summed E-state index contributed by atoms with van der Waals surface area (Å²) in [6, 6.07) is 4.68. The first kappa shape index (κ1) is 18.4. The van der Waals surface area contributed by atoms with Crippen molar-refractivity contribution in [3.63, 3.8) is 0 Å². The first-order valence-corrected chi connectivity index (χ1v) is 8.22. The normalized spacial score (nSPS) is 17.0. The smallest absolute Gasteiger partial charge is 0.337 e. The van der Waals surface area contributed by atoms with Crippen LogP contribution in [-0.4, -0.2) is 47.4 Å². The van der Waals surface area contributed by atoms with E-state index in [0.717, 1.165) is 38.5 Å². The highest BCUT2D eigenvalue weighted by atomic mass is 35.5. The maximum absolute atomic E-state index is 12.0. The molecule has 8 heteroatoms. The highest BCUT2D eigenvalue weighted by Gasteiger charge is 2.30. The van der Waals surface area contributed by atoms with Crippen molar-refractivity contribution < 1.29 is 19.8 Å². The number of hydrogen-bond donors (Lipinski definition) is 4. The number of piperidine rings is 1. The number of carboxylic acids is 1. The lowest BCUT2D eigenvalue weighted by Gasteiger charge is -2.30. The van der Waals surface area contributed by atoms with Gasteiger partial charge in [0.1, 0.15) is 0 Å². The molecule has 0 bridgehead atoms. The summed E-state index contributed by atoms with van der Waals surface area (Å²) in [5, 5.41) is 24.0. The van der Waals surface area contributed by atoms with Crippen molar-refractivity contribution in [2.45, 2.75) is 31.8 Å². The Morgan fingerprint density at radius 1 is 1.29 bits per heavy atom. The second-order valence-electron chi connectivity index (χ2n) is 6.10. The molecule has 0 spiro atoms. The summed E-state index contributed by atoms with van der Waals surface area (Å²) in [5.74, 6) is -1.40. The fourth-order valence-electron chi connectivity index (χ4n) is 2.51. The number of aliphatic carboxylic acids is 1. The van der Waals surface area contributed by atoms with E-state index in [0.29, 0.717) is 10.7 Å². The average Bonchev–Trinajstić information content (AvgIpc) is 2.54. The van der Waals surface area contributed by atoms with Crippen LogP contribution in [0.15, 0.2) is 18.2 Å². The number of halogens is 1. The summed E-state index contributed by atoms with van der Waals surface area (Å²) in [6.07, 6.45) is 3.38. The lowest BCUT2D eigenvalue weighted by Crippen LogP contribution is -2.47. The number of anilines is 2. The molecule has 1 saturated heterocycles. The van der Waals surface area contributed by atoms with Crippen molar-refractivity contribution in [1.82, 2.24) is 5.32 Å². The van der Waals surface area contributed by atoms with Crippen LogP contribution in [0.1, 0.15) is 26.2 Å². The van der Waals surface area contributed by atoms with Gasteiger partial charge >= 0.3 is 12.0 Å². The van der Waals surface area contributed by atoms with Gasteiger partial charge in [0.2, 0.25) is 0 Å². The predicted molar refractivity (Wildman–Crippen MR) is 92.8 cm³/mol. The Morgan fingerprint density at radius 3 is 2.58 bits per heavy atom. The summed E-state index contributed by atoms with van der Waals surface area (Å²) in [7, 11) is 0. The van der Waals surface area contributed by atoms with Crippen LogP contribution in [-0.2, 0) is 4.79 Å². The molecule has 2 rings (SSSR count). The van der Waals surface area contributed by atoms with Crippen molar-refractivity contribution in [1.29, 1.82) is 0 Å². The monoisotopic (exact) mass is 355 g/mol. The minimum absolute atomic E-state index is 0.409. The number of carbonyl (C=O) groups is 2. The van der Waals surface area contributed by atoms with Crippen molar-refractivity contribution in [2.75, 3.05) is 29.9 Å². The Morgan fingerprint density at radius 2 is 1.96 bits per heavy atom. The molecule has 1 aromatic rings. The highest BCUT2D eigenvalue weighted by molar-refractivity contribution is 6.31. The predicted octanol–water partition coefficient (Wildman–Crippen LogP) is 2.29. The fraction of sp³-hybridized carbons (Fsp3) is 0.500. The SMILES string of the molecule is CC(O)(CNC(=O)Nc1cc(Cl)ccc1N1CCCCC1)C(=O)O. The van der Waals surface area contributed by atoms with Crippen LogP contribution in [0.4, 0.5) is 16.2 Å². The van der Waals surface area contributed by atoms with Gasteiger partial charge in [-0.05, 0) is 44.4 Å². The van der Waals surface area contributed by atoms with Crippen LogP contribution in [0.25, 0.3) is 0 Å². The number of carboxylic acid groups (broad SMARTS) is 1. The quantitative estimate of drug-likeness (QED) is 0.649. The van der Waals surface area contributed by atoms with Crippen LogP contribution in [0.2, 0.25) is 5.02 Å². The molecule has 24 heavy (non-hydrogen) atoms. The van der Waals surface area contributed by atoms with Crippen LogP contribution >= 0.6 is 11.6 Å². The number of hydrogen-bond acceptors (Lipinski definition) is 4. The van der Waals surface area contributed by atoms with E-state index in [2.05, 4.69) is 15.5 Å². The molecule has 1 heterocycles. The zero-order valence-electron chi connectivity index (χ0n) is 13.5. The molecular formula is C16H22ClN3O4. The molecule has 1 aliphatic rings. The zero-order chi connectivity index (χ0) is 17.7. The third-order valence-electron chi connectivity index (χ3n) is 3.96. The number of urea groups is 1. The van der Waals surface area contributed by atoms with Crippen molar-refractivity contribution in [3.8, 4) is 0 Å². The molecule has 4 N–H and O–H groups in total. The van der Waals surface area contributed by atoms with Gasteiger partial charge < -0.3 is 25.7 Å². The van der Waals surface area contributed by atoms with Crippen LogP contribution in [0.5, 0.6) is 0 Å². The van der Waals surface area contributed by atoms with Crippen molar-refractivity contribution in [2.24, 2.45) is 0 Å². The van der Waals surface area contributed by atoms with Gasteiger partial charge in [-0.25, -0.2) is 9.59 Å². The number of benzene rings is 1. The van der Waals surface area contributed by atoms with E-state index < -0.39 is 24.1 Å². The van der Waals surface area contributed by atoms with Crippen molar-refractivity contribution >= 4 is 35.0 Å². The topological polar surface area (TPSA) is 102 Å². The van der Waals surface area contributed by atoms with Gasteiger partial charge in [0.15, 0.2) is 5.60 Å².